The molecule has 0 radical (unpaired) electrons. The molecule has 0 atom stereocenters. The molecule has 0 bridgehead atoms. The molecule has 1 aliphatic carbocycles. The summed E-state index contributed by atoms with van der Waals surface area (Å²) in [7, 11) is 0. The Morgan fingerprint density at radius 1 is 1.52 bits per heavy atom. The largest absolute Gasteiger partial charge is 0.369 e. The Balaban J connectivity index is 2.05. The highest BCUT2D eigenvalue weighted by molar-refractivity contribution is 9.10. The Labute approximate surface area is 139 Å². The molecule has 2 N–H and O–H groups in total. The highest BCUT2D eigenvalue weighted by atomic mass is 79.9. The number of pyridine rings is 1. The van der Waals surface area contributed by atoms with Gasteiger partial charge in [0.2, 0.25) is 0 Å². The van der Waals surface area contributed by atoms with E-state index in [1.165, 1.54) is 19.3 Å². The number of hydrogen-bond donors (Lipinski definition) is 2. The monoisotopic (exact) mass is 371 g/mol. The molecule has 4 nitrogen and oxygen atoms in total. The minimum absolute atomic E-state index is 0.0530. The summed E-state index contributed by atoms with van der Waals surface area (Å²) in [5.41, 5.74) is 0.605. The Hall–Kier alpha value is -0.750. The van der Waals surface area contributed by atoms with Crippen molar-refractivity contribution in [2.24, 2.45) is 0 Å². The van der Waals surface area contributed by atoms with Crippen molar-refractivity contribution in [2.45, 2.75) is 37.4 Å². The number of carbonyl (C=O) groups excluding carboxylic acids is 1. The van der Waals surface area contributed by atoms with E-state index in [9.17, 15) is 4.79 Å². The van der Waals surface area contributed by atoms with Crippen LogP contribution in [0.25, 0.3) is 0 Å². The van der Waals surface area contributed by atoms with Gasteiger partial charge in [0.05, 0.1) is 5.56 Å². The smallest absolute Gasteiger partial charge is 0.255 e. The molecule has 1 aromatic heterocycles. The second kappa shape index (κ2) is 7.49. The van der Waals surface area contributed by atoms with Gasteiger partial charge in [0.25, 0.3) is 5.91 Å². The van der Waals surface area contributed by atoms with Gasteiger partial charge in [0, 0.05) is 28.5 Å². The molecule has 1 aromatic rings. The molecule has 116 valence electrons. The fourth-order valence-corrected chi connectivity index (χ4v) is 3.60. The van der Waals surface area contributed by atoms with Gasteiger partial charge in [-0.05, 0) is 47.5 Å². The Bertz CT molecular complexity index is 500. The lowest BCUT2D eigenvalue weighted by atomic mass is 9.84. The SMILES string of the molecule is CCCNc1ncc(Br)cc1C(=O)NCC1(SC)CCC1. The number of hydrogen-bond acceptors (Lipinski definition) is 4. The van der Waals surface area contributed by atoms with Crippen molar-refractivity contribution < 1.29 is 4.79 Å². The normalized spacial score (nSPS) is 16.1. The van der Waals surface area contributed by atoms with Crippen LogP contribution in [0.4, 0.5) is 5.82 Å². The standard InChI is InChI=1S/C15H22BrN3OS/c1-3-7-17-13-12(8-11(16)9-18-13)14(20)19-10-15(21-2)5-4-6-15/h8-9H,3-7,10H2,1-2H3,(H,17,18)(H,19,20). The molecule has 1 heterocycles. The van der Waals surface area contributed by atoms with Crippen LogP contribution in [-0.4, -0.2) is 35.0 Å². The predicted octanol–water partition coefficient (Wildman–Crippen LogP) is 3.68. The van der Waals surface area contributed by atoms with Gasteiger partial charge in [-0.2, -0.15) is 11.8 Å². The lowest BCUT2D eigenvalue weighted by Gasteiger charge is -2.40. The van der Waals surface area contributed by atoms with E-state index in [2.05, 4.69) is 44.7 Å². The van der Waals surface area contributed by atoms with Gasteiger partial charge in [-0.15, -0.1) is 0 Å². The maximum absolute atomic E-state index is 12.5. The Kier molecular flexibility index (Phi) is 5.93. The highest BCUT2D eigenvalue weighted by Crippen LogP contribution is 2.42. The number of rotatable bonds is 7. The van der Waals surface area contributed by atoms with Crippen LogP contribution < -0.4 is 10.6 Å². The summed E-state index contributed by atoms with van der Waals surface area (Å²) in [5, 5.41) is 6.29. The molecular formula is C15H22BrN3OS. The minimum atomic E-state index is -0.0530. The number of nitrogens with zero attached hydrogens (tertiary/aromatic N) is 1. The number of halogens is 1. The summed E-state index contributed by atoms with van der Waals surface area (Å²) >= 11 is 5.25. The van der Waals surface area contributed by atoms with E-state index < -0.39 is 0 Å². The van der Waals surface area contributed by atoms with E-state index in [0.717, 1.165) is 24.0 Å². The van der Waals surface area contributed by atoms with Crippen molar-refractivity contribution in [3.8, 4) is 0 Å². The first kappa shape index (κ1) is 16.6. The number of anilines is 1. The molecule has 2 rings (SSSR count). The summed E-state index contributed by atoms with van der Waals surface area (Å²) in [6, 6.07) is 1.83. The predicted molar refractivity (Wildman–Crippen MR) is 93.1 cm³/mol. The zero-order valence-corrected chi connectivity index (χ0v) is 14.9. The lowest BCUT2D eigenvalue weighted by Crippen LogP contribution is -2.45. The summed E-state index contributed by atoms with van der Waals surface area (Å²) in [6.07, 6.45) is 8.47. The topological polar surface area (TPSA) is 54.0 Å². The molecule has 0 spiro atoms. The lowest BCUT2D eigenvalue weighted by molar-refractivity contribution is 0.0944. The number of aromatic nitrogens is 1. The Morgan fingerprint density at radius 2 is 2.29 bits per heavy atom. The van der Waals surface area contributed by atoms with Crippen LogP contribution >= 0.6 is 27.7 Å². The first-order chi connectivity index (χ1) is 10.1. The second-order valence-electron chi connectivity index (χ2n) is 5.40. The molecule has 1 aliphatic rings. The van der Waals surface area contributed by atoms with Crippen LogP contribution in [0.2, 0.25) is 0 Å². The fraction of sp³-hybridized carbons (Fsp3) is 0.600. The number of thioether (sulfide) groups is 1. The van der Waals surface area contributed by atoms with Gasteiger partial charge in [-0.25, -0.2) is 4.98 Å². The van der Waals surface area contributed by atoms with Crippen molar-refractivity contribution in [3.05, 3.63) is 22.3 Å². The van der Waals surface area contributed by atoms with Gasteiger partial charge >= 0.3 is 0 Å². The third-order valence-electron chi connectivity index (χ3n) is 3.91. The van der Waals surface area contributed by atoms with Gasteiger partial charge in [0.15, 0.2) is 0 Å². The van der Waals surface area contributed by atoms with E-state index in [4.69, 9.17) is 0 Å². The molecule has 1 saturated carbocycles. The summed E-state index contributed by atoms with van der Waals surface area (Å²) in [6.45, 7) is 3.63. The average Bonchev–Trinajstić information content (AvgIpc) is 2.45. The summed E-state index contributed by atoms with van der Waals surface area (Å²) in [4.78, 5) is 16.8. The van der Waals surface area contributed by atoms with Gasteiger partial charge in [-0.1, -0.05) is 13.3 Å². The number of carbonyl (C=O) groups is 1. The first-order valence-corrected chi connectivity index (χ1v) is 9.35. The van der Waals surface area contributed by atoms with E-state index >= 15 is 0 Å². The maximum atomic E-state index is 12.5. The Morgan fingerprint density at radius 3 is 2.86 bits per heavy atom. The van der Waals surface area contributed by atoms with Gasteiger partial charge in [0.1, 0.15) is 5.82 Å². The van der Waals surface area contributed by atoms with Crippen LogP contribution in [0.15, 0.2) is 16.7 Å². The highest BCUT2D eigenvalue weighted by Gasteiger charge is 2.36. The maximum Gasteiger partial charge on any atom is 0.255 e. The average molecular weight is 372 g/mol. The third-order valence-corrected chi connectivity index (χ3v) is 5.76. The minimum Gasteiger partial charge on any atom is -0.369 e. The van der Waals surface area contributed by atoms with E-state index in [1.807, 2.05) is 17.8 Å². The molecule has 1 amide bonds. The summed E-state index contributed by atoms with van der Waals surface area (Å²) in [5.74, 6) is 0.604. The zero-order chi connectivity index (χ0) is 15.3. The summed E-state index contributed by atoms with van der Waals surface area (Å²) < 4.78 is 1.06. The molecule has 0 aromatic carbocycles. The van der Waals surface area contributed by atoms with Crippen molar-refractivity contribution in [3.63, 3.8) is 0 Å². The van der Waals surface area contributed by atoms with Crippen LogP contribution in [0.3, 0.4) is 0 Å². The molecule has 0 aliphatic heterocycles. The van der Waals surface area contributed by atoms with E-state index in [-0.39, 0.29) is 10.7 Å². The van der Waals surface area contributed by atoms with Crippen molar-refractivity contribution >= 4 is 39.4 Å². The number of nitrogens with one attached hydrogen (secondary N) is 2. The van der Waals surface area contributed by atoms with E-state index in [0.29, 0.717) is 11.4 Å². The van der Waals surface area contributed by atoms with Crippen molar-refractivity contribution in [1.82, 2.24) is 10.3 Å². The fourth-order valence-electron chi connectivity index (χ4n) is 2.36. The first-order valence-electron chi connectivity index (χ1n) is 7.33. The molecule has 6 heteroatoms. The van der Waals surface area contributed by atoms with Crippen LogP contribution in [0, 0.1) is 0 Å². The molecule has 0 unspecified atom stereocenters. The van der Waals surface area contributed by atoms with Crippen LogP contribution in [0.1, 0.15) is 43.0 Å². The molecule has 0 saturated heterocycles. The molecule has 21 heavy (non-hydrogen) atoms. The van der Waals surface area contributed by atoms with Crippen LogP contribution in [0.5, 0.6) is 0 Å². The second-order valence-corrected chi connectivity index (χ2v) is 7.59. The van der Waals surface area contributed by atoms with Crippen molar-refractivity contribution in [1.29, 1.82) is 0 Å². The van der Waals surface area contributed by atoms with E-state index in [1.54, 1.807) is 6.20 Å². The van der Waals surface area contributed by atoms with Gasteiger partial charge in [-0.3, -0.25) is 4.79 Å². The van der Waals surface area contributed by atoms with Crippen molar-refractivity contribution in [2.75, 3.05) is 24.7 Å². The zero-order valence-electron chi connectivity index (χ0n) is 12.5. The molecular weight excluding hydrogens is 350 g/mol. The quantitative estimate of drug-likeness (QED) is 0.767. The number of amides is 1. The third kappa shape index (κ3) is 4.13. The molecule has 1 fully saturated rings. The van der Waals surface area contributed by atoms with Gasteiger partial charge < -0.3 is 10.6 Å². The van der Waals surface area contributed by atoms with Crippen LogP contribution in [-0.2, 0) is 0 Å².